The van der Waals surface area contributed by atoms with Gasteiger partial charge < -0.3 is 19.7 Å². The van der Waals surface area contributed by atoms with Crippen LogP contribution in [0.2, 0.25) is 0 Å². The largest absolute Gasteiger partial charge is 0.493 e. The van der Waals surface area contributed by atoms with E-state index in [1.54, 1.807) is 25.1 Å². The molecule has 0 unspecified atom stereocenters. The van der Waals surface area contributed by atoms with Gasteiger partial charge in [-0.05, 0) is 49.1 Å². The summed E-state index contributed by atoms with van der Waals surface area (Å²) in [6.07, 6.45) is -2.20. The quantitative estimate of drug-likeness (QED) is 0.595. The number of ether oxygens (including phenoxy) is 2. The minimum atomic E-state index is -5.45. The smallest absolute Gasteiger partial charge is 0.257 e. The normalized spacial score (nSPS) is 19.4. The highest BCUT2D eigenvalue weighted by molar-refractivity contribution is 7.90. The molecule has 0 aromatic heterocycles. The molecule has 176 valence electrons. The molecule has 2 aliphatic rings. The third kappa shape index (κ3) is 4.98. The predicted octanol–water partition coefficient (Wildman–Crippen LogP) is 3.18. The number of sulfone groups is 1. The third-order valence-corrected chi connectivity index (χ3v) is 6.09. The predicted molar refractivity (Wildman–Crippen MR) is 124 cm³/mol. The van der Waals surface area contributed by atoms with Crippen molar-refractivity contribution in [3.8, 4) is 11.5 Å². The van der Waals surface area contributed by atoms with Crippen LogP contribution in [0.15, 0.2) is 36.4 Å². The summed E-state index contributed by atoms with van der Waals surface area (Å²) in [5.74, 6) is -0.662. The number of hydrogen-bond acceptors (Lipinski definition) is 6. The number of nitrogens with one attached hydrogen (secondary N) is 1. The number of benzene rings is 2. The van der Waals surface area contributed by atoms with Gasteiger partial charge in [0.15, 0.2) is 11.5 Å². The number of amides is 2. The van der Waals surface area contributed by atoms with Crippen LogP contribution in [0.25, 0.3) is 0 Å². The summed E-state index contributed by atoms with van der Waals surface area (Å²) in [7, 11) is -4.05. The number of nitrogens with zero attached hydrogens (tertiary/aromatic N) is 1. The van der Waals surface area contributed by atoms with Gasteiger partial charge in [-0.1, -0.05) is 18.2 Å². The molecule has 1 aliphatic carbocycles. The molecule has 1 atom stereocenters. The summed E-state index contributed by atoms with van der Waals surface area (Å²) in [4.78, 5) is 27.2. The molecule has 8 nitrogen and oxygen atoms in total. The van der Waals surface area contributed by atoms with E-state index in [1.807, 2.05) is 0 Å². The average Bonchev–Trinajstić information content (AvgIpc) is 3.64. The van der Waals surface area contributed by atoms with Gasteiger partial charge in [-0.25, -0.2) is 8.42 Å². The standard InChI is InChI=1S/C24H28N2O6S/c1-4-32-21-12-16(10-11-20(21)31-2)19(14-33(3,29)30)26-13-17-6-5-7-18(22(17)24(26)28)25-23(27)15-8-9-15/h5-7,10-12,15,19H,4,8-9,13-14H2,1-3H3,(H,25,27)/t19-/m1/s1/i3D3,14D2. The van der Waals surface area contributed by atoms with Gasteiger partial charge in [0.2, 0.25) is 5.91 Å². The Hall–Kier alpha value is -3.07. The number of fused-ring (bicyclic) bond motifs is 1. The first kappa shape index (κ1) is 17.4. The summed E-state index contributed by atoms with van der Waals surface area (Å²) in [6.45, 7) is 1.71. The Balaban J connectivity index is 1.85. The number of hydrogen-bond donors (Lipinski definition) is 1. The van der Waals surface area contributed by atoms with E-state index in [1.165, 1.54) is 25.3 Å². The second-order valence-electron chi connectivity index (χ2n) is 7.90. The van der Waals surface area contributed by atoms with E-state index in [9.17, 15) is 18.0 Å². The SMILES string of the molecule is [2H]C([2H])([2H])S(=O)(=O)C([2H])([2H])[C@H](c1ccc(OC)c(OCC)c1)N1Cc2cccc(NC(=O)C3CC3)c2C1=O. The molecule has 1 N–H and O–H groups in total. The van der Waals surface area contributed by atoms with E-state index in [-0.39, 0.29) is 53.3 Å². The van der Waals surface area contributed by atoms with E-state index in [0.717, 1.165) is 17.7 Å². The van der Waals surface area contributed by atoms with Crippen LogP contribution in [-0.4, -0.2) is 50.7 Å². The first-order valence-electron chi connectivity index (χ1n) is 13.0. The van der Waals surface area contributed by atoms with Crippen LogP contribution in [-0.2, 0) is 21.2 Å². The molecule has 9 heteroatoms. The summed E-state index contributed by atoms with van der Waals surface area (Å²) < 4.78 is 76.8. The second-order valence-corrected chi connectivity index (χ2v) is 9.15. The Morgan fingerprint density at radius 1 is 1.30 bits per heavy atom. The number of anilines is 1. The summed E-state index contributed by atoms with van der Waals surface area (Å²) in [6, 6.07) is 7.05. The van der Waals surface area contributed by atoms with Crippen molar-refractivity contribution in [1.82, 2.24) is 4.90 Å². The van der Waals surface area contributed by atoms with Gasteiger partial charge in [-0.3, -0.25) is 9.59 Å². The number of methoxy groups -OCH3 is 1. The summed E-state index contributed by atoms with van der Waals surface area (Å²) in [5.41, 5.74) is -2.67. The fraction of sp³-hybridized carbons (Fsp3) is 0.417. The zero-order valence-electron chi connectivity index (χ0n) is 23.3. The highest BCUT2D eigenvalue weighted by atomic mass is 32.2. The van der Waals surface area contributed by atoms with E-state index < -0.39 is 33.7 Å². The highest BCUT2D eigenvalue weighted by Crippen LogP contribution is 2.39. The maximum atomic E-state index is 13.8. The number of rotatable bonds is 9. The van der Waals surface area contributed by atoms with E-state index in [2.05, 4.69) is 5.32 Å². The molecule has 1 heterocycles. The Morgan fingerprint density at radius 2 is 2.09 bits per heavy atom. The van der Waals surface area contributed by atoms with Gasteiger partial charge in [0.05, 0.1) is 36.7 Å². The molecule has 1 saturated carbocycles. The maximum absolute atomic E-state index is 13.8. The Kier molecular flexibility index (Phi) is 4.78. The fourth-order valence-corrected chi connectivity index (χ4v) is 4.42. The zero-order chi connectivity index (χ0) is 28.0. The third-order valence-electron chi connectivity index (χ3n) is 5.55. The van der Waals surface area contributed by atoms with E-state index in [0.29, 0.717) is 5.56 Å². The van der Waals surface area contributed by atoms with Crippen LogP contribution in [0.1, 0.15) is 54.1 Å². The lowest BCUT2D eigenvalue weighted by Crippen LogP contribution is -2.34. The Morgan fingerprint density at radius 3 is 2.76 bits per heavy atom. The number of carbonyl (C=O) groups excluding carboxylic acids is 2. The minimum Gasteiger partial charge on any atom is -0.493 e. The highest BCUT2D eigenvalue weighted by Gasteiger charge is 2.38. The van der Waals surface area contributed by atoms with Crippen molar-refractivity contribution >= 4 is 27.3 Å². The minimum absolute atomic E-state index is 0.00297. The van der Waals surface area contributed by atoms with Crippen molar-refractivity contribution in [2.24, 2.45) is 5.92 Å². The molecule has 0 saturated heterocycles. The van der Waals surface area contributed by atoms with Crippen molar-refractivity contribution < 1.29 is 34.3 Å². The lowest BCUT2D eigenvalue weighted by Gasteiger charge is -2.28. The molecule has 33 heavy (non-hydrogen) atoms. The Labute approximate surface area is 200 Å². The van der Waals surface area contributed by atoms with Crippen molar-refractivity contribution in [2.45, 2.75) is 32.4 Å². The molecule has 2 aromatic rings. The molecule has 0 radical (unpaired) electrons. The molecule has 1 aliphatic heterocycles. The molecule has 1 fully saturated rings. The van der Waals surface area contributed by atoms with Gasteiger partial charge in [-0.15, -0.1) is 0 Å². The van der Waals surface area contributed by atoms with Crippen LogP contribution in [0, 0.1) is 5.92 Å². The van der Waals surface area contributed by atoms with Crippen LogP contribution in [0.5, 0.6) is 11.5 Å². The molecule has 2 amide bonds. The molecular weight excluding hydrogens is 444 g/mol. The zero-order valence-corrected chi connectivity index (χ0v) is 19.1. The molecule has 0 bridgehead atoms. The van der Waals surface area contributed by atoms with Crippen molar-refractivity contribution in [3.05, 3.63) is 53.1 Å². The van der Waals surface area contributed by atoms with Crippen LogP contribution >= 0.6 is 0 Å². The molecule has 0 spiro atoms. The van der Waals surface area contributed by atoms with Crippen LogP contribution < -0.4 is 14.8 Å². The lowest BCUT2D eigenvalue weighted by atomic mass is 10.1. The van der Waals surface area contributed by atoms with Gasteiger partial charge in [0, 0.05) is 25.5 Å². The monoisotopic (exact) mass is 477 g/mol. The van der Waals surface area contributed by atoms with Crippen molar-refractivity contribution in [2.75, 3.05) is 30.9 Å². The molecular formula is C24H28N2O6S. The maximum Gasteiger partial charge on any atom is 0.257 e. The Bertz CT molecular complexity index is 1370. The van der Waals surface area contributed by atoms with Gasteiger partial charge in [0.1, 0.15) is 9.84 Å². The second kappa shape index (κ2) is 9.05. The van der Waals surface area contributed by atoms with Crippen LogP contribution in [0.4, 0.5) is 5.69 Å². The molecule has 2 aromatic carbocycles. The summed E-state index contributed by atoms with van der Waals surface area (Å²) >= 11 is 0. The molecule has 4 rings (SSSR count). The van der Waals surface area contributed by atoms with Crippen LogP contribution in [0.3, 0.4) is 0 Å². The van der Waals surface area contributed by atoms with E-state index in [4.69, 9.17) is 16.3 Å². The van der Waals surface area contributed by atoms with Gasteiger partial charge in [0.25, 0.3) is 5.91 Å². The summed E-state index contributed by atoms with van der Waals surface area (Å²) in [5, 5.41) is 2.74. The van der Waals surface area contributed by atoms with Crippen molar-refractivity contribution in [3.63, 3.8) is 0 Å². The topological polar surface area (TPSA) is 102 Å². The average molecular weight is 478 g/mol. The van der Waals surface area contributed by atoms with E-state index >= 15 is 0 Å². The first-order chi connectivity index (χ1) is 17.7. The lowest BCUT2D eigenvalue weighted by molar-refractivity contribution is -0.117. The van der Waals surface area contributed by atoms with Gasteiger partial charge >= 0.3 is 0 Å². The van der Waals surface area contributed by atoms with Gasteiger partial charge in [-0.2, -0.15) is 0 Å². The number of carbonyl (C=O) groups is 2. The first-order valence-corrected chi connectivity index (χ1v) is 12.0. The van der Waals surface area contributed by atoms with Crippen molar-refractivity contribution in [1.29, 1.82) is 0 Å². The fourth-order valence-electron chi connectivity index (χ4n) is 3.87.